The van der Waals surface area contributed by atoms with Crippen molar-refractivity contribution in [3.8, 4) is 0 Å². The SMILES string of the molecule is Cc1nn(C(CN)c2cc(Br)cs2)cc1Cl. The molecular formula is C10H11BrClN3S. The summed E-state index contributed by atoms with van der Waals surface area (Å²) in [7, 11) is 0. The Labute approximate surface area is 111 Å². The van der Waals surface area contributed by atoms with Crippen molar-refractivity contribution in [2.45, 2.75) is 13.0 Å². The molecule has 2 N–H and O–H groups in total. The number of aromatic nitrogens is 2. The predicted octanol–water partition coefficient (Wildman–Crippen LogP) is 3.22. The van der Waals surface area contributed by atoms with E-state index < -0.39 is 0 Å². The first-order valence-corrected chi connectivity index (χ1v) is 6.82. The van der Waals surface area contributed by atoms with Crippen LogP contribution in [0.3, 0.4) is 0 Å². The maximum absolute atomic E-state index is 5.99. The molecule has 2 heterocycles. The molecule has 0 fully saturated rings. The fourth-order valence-corrected chi connectivity index (χ4v) is 3.17. The van der Waals surface area contributed by atoms with Gasteiger partial charge in [0.05, 0.1) is 16.8 Å². The Morgan fingerprint density at radius 1 is 1.69 bits per heavy atom. The molecule has 0 aromatic carbocycles. The monoisotopic (exact) mass is 319 g/mol. The summed E-state index contributed by atoms with van der Waals surface area (Å²) in [6, 6.07) is 2.12. The molecular weight excluding hydrogens is 310 g/mol. The average molecular weight is 321 g/mol. The van der Waals surface area contributed by atoms with Crippen LogP contribution in [-0.2, 0) is 0 Å². The van der Waals surface area contributed by atoms with E-state index in [2.05, 4.69) is 27.1 Å². The van der Waals surface area contributed by atoms with Gasteiger partial charge in [-0.15, -0.1) is 11.3 Å². The molecule has 3 nitrogen and oxygen atoms in total. The molecule has 2 rings (SSSR count). The summed E-state index contributed by atoms with van der Waals surface area (Å²) in [5, 5.41) is 7.08. The number of hydrogen-bond donors (Lipinski definition) is 1. The molecule has 0 spiro atoms. The lowest BCUT2D eigenvalue weighted by atomic mass is 10.2. The zero-order chi connectivity index (χ0) is 11.7. The second-order valence-corrected chi connectivity index (χ2v) is 5.73. The summed E-state index contributed by atoms with van der Waals surface area (Å²) >= 11 is 11.1. The summed E-state index contributed by atoms with van der Waals surface area (Å²) in [6.07, 6.45) is 1.82. The summed E-state index contributed by atoms with van der Waals surface area (Å²) in [5.74, 6) is 0. The van der Waals surface area contributed by atoms with Crippen LogP contribution >= 0.6 is 38.9 Å². The summed E-state index contributed by atoms with van der Waals surface area (Å²) < 4.78 is 2.90. The third-order valence-electron chi connectivity index (χ3n) is 2.32. The van der Waals surface area contributed by atoms with Crippen LogP contribution in [0.5, 0.6) is 0 Å². The molecule has 0 amide bonds. The smallest absolute Gasteiger partial charge is 0.0983 e. The summed E-state index contributed by atoms with van der Waals surface area (Å²) in [6.45, 7) is 2.39. The second-order valence-electron chi connectivity index (χ2n) is 3.46. The Balaban J connectivity index is 2.36. The number of halogens is 2. The van der Waals surface area contributed by atoms with Crippen molar-refractivity contribution < 1.29 is 0 Å². The van der Waals surface area contributed by atoms with E-state index in [-0.39, 0.29) is 6.04 Å². The molecule has 0 aliphatic rings. The fraction of sp³-hybridized carbons (Fsp3) is 0.300. The van der Waals surface area contributed by atoms with Gasteiger partial charge in [0.2, 0.25) is 0 Å². The van der Waals surface area contributed by atoms with Gasteiger partial charge in [0, 0.05) is 27.5 Å². The lowest BCUT2D eigenvalue weighted by Gasteiger charge is -2.13. The Bertz CT molecular complexity index is 474. The van der Waals surface area contributed by atoms with E-state index in [9.17, 15) is 0 Å². The first-order valence-electron chi connectivity index (χ1n) is 4.77. The molecule has 2 aromatic rings. The van der Waals surface area contributed by atoms with Gasteiger partial charge in [0.1, 0.15) is 0 Å². The highest BCUT2D eigenvalue weighted by atomic mass is 79.9. The van der Waals surface area contributed by atoms with Gasteiger partial charge in [-0.2, -0.15) is 5.10 Å². The van der Waals surface area contributed by atoms with Crippen LogP contribution in [0.15, 0.2) is 22.1 Å². The van der Waals surface area contributed by atoms with Crippen LogP contribution in [0.4, 0.5) is 0 Å². The first-order chi connectivity index (χ1) is 7.61. The standard InChI is InChI=1S/C10H11BrClN3S/c1-6-8(12)4-15(14-6)9(3-13)10-2-7(11)5-16-10/h2,4-5,9H,3,13H2,1H3. The lowest BCUT2D eigenvalue weighted by molar-refractivity contribution is 0.536. The second kappa shape index (κ2) is 4.87. The van der Waals surface area contributed by atoms with E-state index in [1.165, 1.54) is 4.88 Å². The molecule has 1 atom stereocenters. The van der Waals surface area contributed by atoms with Crippen molar-refractivity contribution in [3.05, 3.63) is 37.7 Å². The summed E-state index contributed by atoms with van der Waals surface area (Å²) in [5.41, 5.74) is 6.62. The van der Waals surface area contributed by atoms with Crippen LogP contribution in [0.25, 0.3) is 0 Å². The van der Waals surface area contributed by atoms with Gasteiger partial charge in [-0.1, -0.05) is 11.6 Å². The van der Waals surface area contributed by atoms with Crippen molar-refractivity contribution in [3.63, 3.8) is 0 Å². The average Bonchev–Trinajstić information content (AvgIpc) is 2.77. The number of hydrogen-bond acceptors (Lipinski definition) is 3. The van der Waals surface area contributed by atoms with E-state index in [4.69, 9.17) is 17.3 Å². The lowest BCUT2D eigenvalue weighted by Crippen LogP contribution is -2.20. The zero-order valence-corrected chi connectivity index (χ0v) is 11.8. The van der Waals surface area contributed by atoms with E-state index >= 15 is 0 Å². The highest BCUT2D eigenvalue weighted by molar-refractivity contribution is 9.10. The Hall–Kier alpha value is -0.360. The molecule has 0 aliphatic heterocycles. The van der Waals surface area contributed by atoms with Gasteiger partial charge in [0.25, 0.3) is 0 Å². The zero-order valence-electron chi connectivity index (χ0n) is 8.65. The van der Waals surface area contributed by atoms with Crippen molar-refractivity contribution in [1.29, 1.82) is 0 Å². The largest absolute Gasteiger partial charge is 0.328 e. The van der Waals surface area contributed by atoms with Gasteiger partial charge >= 0.3 is 0 Å². The maximum Gasteiger partial charge on any atom is 0.0983 e. The quantitative estimate of drug-likeness (QED) is 0.943. The van der Waals surface area contributed by atoms with Gasteiger partial charge in [-0.05, 0) is 28.9 Å². The van der Waals surface area contributed by atoms with Crippen LogP contribution in [0, 0.1) is 6.92 Å². The van der Waals surface area contributed by atoms with Crippen LogP contribution in [0.1, 0.15) is 16.6 Å². The third kappa shape index (κ3) is 2.32. The number of thiophene rings is 1. The highest BCUT2D eigenvalue weighted by Crippen LogP contribution is 2.28. The minimum absolute atomic E-state index is 0.0579. The first kappa shape index (κ1) is 12.1. The minimum atomic E-state index is 0.0579. The van der Waals surface area contributed by atoms with Crippen molar-refractivity contribution in [2.24, 2.45) is 5.73 Å². The van der Waals surface area contributed by atoms with E-state index in [0.29, 0.717) is 11.6 Å². The Morgan fingerprint density at radius 3 is 2.88 bits per heavy atom. The van der Waals surface area contributed by atoms with E-state index in [1.54, 1.807) is 11.3 Å². The molecule has 86 valence electrons. The molecule has 2 aromatic heterocycles. The van der Waals surface area contributed by atoms with E-state index in [1.807, 2.05) is 23.2 Å². The fourth-order valence-electron chi connectivity index (χ4n) is 1.48. The molecule has 0 saturated carbocycles. The molecule has 6 heteroatoms. The molecule has 16 heavy (non-hydrogen) atoms. The topological polar surface area (TPSA) is 43.8 Å². The van der Waals surface area contributed by atoms with Crippen LogP contribution < -0.4 is 5.73 Å². The van der Waals surface area contributed by atoms with Crippen molar-refractivity contribution in [2.75, 3.05) is 6.54 Å². The predicted molar refractivity (Wildman–Crippen MR) is 71.2 cm³/mol. The Morgan fingerprint density at radius 2 is 2.44 bits per heavy atom. The Kier molecular flexibility index (Phi) is 3.69. The number of nitrogens with two attached hydrogens (primary N) is 1. The van der Waals surface area contributed by atoms with Crippen LogP contribution in [-0.4, -0.2) is 16.3 Å². The van der Waals surface area contributed by atoms with E-state index in [0.717, 1.165) is 10.2 Å². The van der Waals surface area contributed by atoms with Gasteiger partial charge < -0.3 is 5.73 Å². The molecule has 0 saturated heterocycles. The number of nitrogens with zero attached hydrogens (tertiary/aromatic N) is 2. The molecule has 1 unspecified atom stereocenters. The normalized spacial score (nSPS) is 13.0. The highest BCUT2D eigenvalue weighted by Gasteiger charge is 2.16. The number of aryl methyl sites for hydroxylation is 1. The maximum atomic E-state index is 5.99. The third-order valence-corrected chi connectivity index (χ3v) is 4.48. The van der Waals surface area contributed by atoms with Gasteiger partial charge in [-0.3, -0.25) is 4.68 Å². The molecule has 0 aliphatic carbocycles. The van der Waals surface area contributed by atoms with Crippen molar-refractivity contribution in [1.82, 2.24) is 9.78 Å². The van der Waals surface area contributed by atoms with Gasteiger partial charge in [-0.25, -0.2) is 0 Å². The van der Waals surface area contributed by atoms with Crippen molar-refractivity contribution >= 4 is 38.9 Å². The molecule has 0 bridgehead atoms. The molecule has 0 radical (unpaired) electrons. The van der Waals surface area contributed by atoms with Gasteiger partial charge in [0.15, 0.2) is 0 Å². The number of rotatable bonds is 3. The van der Waals surface area contributed by atoms with Crippen LogP contribution in [0.2, 0.25) is 5.02 Å². The summed E-state index contributed by atoms with van der Waals surface area (Å²) in [4.78, 5) is 1.17. The minimum Gasteiger partial charge on any atom is -0.328 e.